The van der Waals surface area contributed by atoms with E-state index in [1.54, 1.807) is 45.2 Å². The molecule has 10 heteroatoms. The van der Waals surface area contributed by atoms with Gasteiger partial charge in [0.25, 0.3) is 5.91 Å². The van der Waals surface area contributed by atoms with Crippen LogP contribution in [0.25, 0.3) is 22.2 Å². The Bertz CT molecular complexity index is 1250. The van der Waals surface area contributed by atoms with Crippen molar-refractivity contribution in [2.24, 2.45) is 0 Å². The molecule has 32 heavy (non-hydrogen) atoms. The fourth-order valence-corrected chi connectivity index (χ4v) is 3.21. The second kappa shape index (κ2) is 10.1. The van der Waals surface area contributed by atoms with Gasteiger partial charge in [0, 0.05) is 44.5 Å². The van der Waals surface area contributed by atoms with Crippen molar-refractivity contribution in [3.8, 4) is 22.4 Å². The number of hydrogen-bond donors (Lipinski definition) is 2. The highest BCUT2D eigenvalue weighted by molar-refractivity contribution is 14.2. The Kier molecular flexibility index (Phi) is 7.52. The average Bonchev–Trinajstić information content (AvgIpc) is 2.74. The summed E-state index contributed by atoms with van der Waals surface area (Å²) in [6.45, 7) is 5.12. The number of rotatable bonds is 2. The highest BCUT2D eigenvalue weighted by atomic mass is 127. The summed E-state index contributed by atoms with van der Waals surface area (Å²) in [6.07, 6.45) is 2.24. The minimum atomic E-state index is -0.800. The summed E-state index contributed by atoms with van der Waals surface area (Å²) in [5, 5.41) is 3.22. The Morgan fingerprint density at radius 3 is 2.66 bits per heavy atom. The molecule has 0 fully saturated rings. The molecule has 2 N–H and O–H groups in total. The Hall–Kier alpha value is -2.91. The van der Waals surface area contributed by atoms with Crippen molar-refractivity contribution < 1.29 is 18.7 Å². The van der Waals surface area contributed by atoms with E-state index in [1.807, 2.05) is 21.2 Å². The molecule has 0 unspecified atom stereocenters. The number of pyridine rings is 2. The molecule has 3 aromatic rings. The fraction of sp³-hybridized carbons (Fsp3) is 0.182. The SMILES string of the molecule is CC(C)(C)OC(=O)NNC(=O)c1cc(-c2ccc(C#CSI)c(F)c2)nc2ccncc12. The van der Waals surface area contributed by atoms with Crippen molar-refractivity contribution in [1.29, 1.82) is 0 Å². The molecule has 3 rings (SSSR count). The van der Waals surface area contributed by atoms with E-state index in [-0.39, 0.29) is 11.1 Å². The smallest absolute Gasteiger partial charge is 0.426 e. The number of hydrogen-bond acceptors (Lipinski definition) is 6. The van der Waals surface area contributed by atoms with Crippen LogP contribution in [0.5, 0.6) is 0 Å². The van der Waals surface area contributed by atoms with Gasteiger partial charge in [0.05, 0.1) is 22.3 Å². The number of carbonyl (C=O) groups is 2. The number of carbonyl (C=O) groups excluding carboxylic acids is 2. The van der Waals surface area contributed by atoms with Crippen molar-refractivity contribution in [1.82, 2.24) is 20.8 Å². The lowest BCUT2D eigenvalue weighted by atomic mass is 10.0. The van der Waals surface area contributed by atoms with Crippen LogP contribution in [-0.2, 0) is 4.74 Å². The molecular formula is C22H18FIN4O3S. The first-order valence-corrected chi connectivity index (χ1v) is 12.7. The Morgan fingerprint density at radius 1 is 1.19 bits per heavy atom. The normalized spacial score (nSPS) is 10.8. The second-order valence-electron chi connectivity index (χ2n) is 7.53. The summed E-state index contributed by atoms with van der Waals surface area (Å²) in [5.74, 6) is 1.64. The van der Waals surface area contributed by atoms with Gasteiger partial charge in [0.2, 0.25) is 0 Å². The first-order valence-electron chi connectivity index (χ1n) is 9.30. The van der Waals surface area contributed by atoms with Crippen molar-refractivity contribution in [2.45, 2.75) is 26.4 Å². The molecular weight excluding hydrogens is 546 g/mol. The third kappa shape index (κ3) is 6.08. The second-order valence-corrected chi connectivity index (χ2v) is 9.21. The number of ether oxygens (including phenoxy) is 1. The van der Waals surface area contributed by atoms with Gasteiger partial charge in [-0.25, -0.2) is 19.6 Å². The Morgan fingerprint density at radius 2 is 1.97 bits per heavy atom. The van der Waals surface area contributed by atoms with Crippen LogP contribution in [0.15, 0.2) is 42.7 Å². The summed E-state index contributed by atoms with van der Waals surface area (Å²) < 4.78 is 19.6. The number of nitrogens with zero attached hydrogens (tertiary/aromatic N) is 2. The molecule has 0 aliphatic rings. The summed E-state index contributed by atoms with van der Waals surface area (Å²) in [4.78, 5) is 33.3. The Balaban J connectivity index is 1.95. The third-order valence-corrected chi connectivity index (χ3v) is 4.86. The van der Waals surface area contributed by atoms with Gasteiger partial charge in [-0.1, -0.05) is 12.0 Å². The highest BCUT2D eigenvalue weighted by Gasteiger charge is 2.19. The molecule has 0 aliphatic carbocycles. The fourth-order valence-electron chi connectivity index (χ4n) is 2.73. The maximum Gasteiger partial charge on any atom is 0.426 e. The largest absolute Gasteiger partial charge is 0.443 e. The lowest BCUT2D eigenvalue weighted by Gasteiger charge is -2.19. The number of fused-ring (bicyclic) bond motifs is 1. The number of amides is 2. The van der Waals surface area contributed by atoms with Gasteiger partial charge in [0.1, 0.15) is 11.4 Å². The van der Waals surface area contributed by atoms with Crippen LogP contribution in [-0.4, -0.2) is 27.6 Å². The van der Waals surface area contributed by atoms with Crippen LogP contribution in [0.3, 0.4) is 0 Å². The zero-order valence-corrected chi connectivity index (χ0v) is 20.3. The monoisotopic (exact) mass is 564 g/mol. The molecule has 2 amide bonds. The van der Waals surface area contributed by atoms with Crippen molar-refractivity contribution in [3.05, 3.63) is 59.7 Å². The first kappa shape index (κ1) is 23.7. The lowest BCUT2D eigenvalue weighted by molar-refractivity contribution is 0.0483. The molecule has 0 radical (unpaired) electrons. The van der Waals surface area contributed by atoms with Gasteiger partial charge in [-0.3, -0.25) is 15.2 Å². The highest BCUT2D eigenvalue weighted by Crippen LogP contribution is 2.26. The van der Waals surface area contributed by atoms with Gasteiger partial charge >= 0.3 is 6.09 Å². The summed E-state index contributed by atoms with van der Waals surface area (Å²) in [5.41, 5.74) is 5.65. The molecule has 0 aliphatic heterocycles. The molecule has 164 valence electrons. The van der Waals surface area contributed by atoms with Crippen molar-refractivity contribution >= 4 is 53.0 Å². The van der Waals surface area contributed by atoms with Crippen molar-refractivity contribution in [3.63, 3.8) is 0 Å². The van der Waals surface area contributed by atoms with Gasteiger partial charge in [-0.05, 0) is 59.2 Å². The van der Waals surface area contributed by atoms with Crippen LogP contribution in [0, 0.1) is 17.0 Å². The van der Waals surface area contributed by atoms with Crippen LogP contribution in [0.2, 0.25) is 0 Å². The van der Waals surface area contributed by atoms with Gasteiger partial charge < -0.3 is 4.74 Å². The number of halogens is 2. The van der Waals surface area contributed by atoms with E-state index in [4.69, 9.17) is 4.74 Å². The summed E-state index contributed by atoms with van der Waals surface area (Å²) in [7, 11) is 1.26. The summed E-state index contributed by atoms with van der Waals surface area (Å²) >= 11 is 2.01. The van der Waals surface area contributed by atoms with E-state index in [2.05, 4.69) is 32.0 Å². The van der Waals surface area contributed by atoms with E-state index in [9.17, 15) is 14.0 Å². The van der Waals surface area contributed by atoms with Crippen LogP contribution < -0.4 is 10.9 Å². The van der Waals surface area contributed by atoms with Crippen molar-refractivity contribution in [2.75, 3.05) is 0 Å². The quantitative estimate of drug-likeness (QED) is 0.259. The molecule has 0 saturated heterocycles. The predicted molar refractivity (Wildman–Crippen MR) is 130 cm³/mol. The zero-order chi connectivity index (χ0) is 23.3. The van der Waals surface area contributed by atoms with E-state index < -0.39 is 23.4 Å². The summed E-state index contributed by atoms with van der Waals surface area (Å²) in [6, 6.07) is 7.72. The maximum atomic E-state index is 14.5. The third-order valence-electron chi connectivity index (χ3n) is 4.02. The van der Waals surface area contributed by atoms with Gasteiger partial charge in [0.15, 0.2) is 0 Å². The van der Waals surface area contributed by atoms with Crippen LogP contribution in [0.1, 0.15) is 36.7 Å². The standard InChI is InChI=1S/C22H18FIN4O3S/c1-22(2,3)31-21(30)28-27-20(29)15-11-19(26-18-6-8-25-12-16(15)18)14-5-4-13(7-9-32-24)17(23)10-14/h4-6,8,10-12H,1-3H3,(H,27,29)(H,28,30). The molecule has 0 saturated carbocycles. The number of aromatic nitrogens is 2. The van der Waals surface area contributed by atoms with E-state index in [0.29, 0.717) is 22.2 Å². The topological polar surface area (TPSA) is 93.2 Å². The molecule has 0 atom stereocenters. The first-order chi connectivity index (χ1) is 15.2. The number of benzene rings is 1. The van der Waals surface area contributed by atoms with E-state index in [0.717, 1.165) is 0 Å². The van der Waals surface area contributed by atoms with Gasteiger partial charge in [-0.15, -0.1) is 0 Å². The maximum absolute atomic E-state index is 14.5. The molecule has 0 spiro atoms. The number of nitrogens with one attached hydrogen (secondary N) is 2. The molecule has 2 heterocycles. The Labute approximate surface area is 200 Å². The van der Waals surface area contributed by atoms with Crippen LogP contribution >= 0.6 is 30.1 Å². The van der Waals surface area contributed by atoms with Crippen LogP contribution in [0.4, 0.5) is 9.18 Å². The predicted octanol–water partition coefficient (Wildman–Crippen LogP) is 5.00. The van der Waals surface area contributed by atoms with E-state index >= 15 is 0 Å². The lowest BCUT2D eigenvalue weighted by Crippen LogP contribution is -2.44. The number of hydrazine groups is 1. The van der Waals surface area contributed by atoms with E-state index in [1.165, 1.54) is 27.3 Å². The minimum Gasteiger partial charge on any atom is -0.443 e. The zero-order valence-electron chi connectivity index (χ0n) is 17.3. The molecule has 1 aromatic carbocycles. The minimum absolute atomic E-state index is 0.208. The average molecular weight is 564 g/mol. The van der Waals surface area contributed by atoms with Gasteiger partial charge in [-0.2, -0.15) is 0 Å². The molecule has 2 aromatic heterocycles. The molecule has 7 nitrogen and oxygen atoms in total. The molecule has 0 bridgehead atoms.